The zero-order valence-corrected chi connectivity index (χ0v) is 13.7. The third-order valence-electron chi connectivity index (χ3n) is 4.66. The first-order valence-electron chi connectivity index (χ1n) is 8.02. The minimum Gasteiger partial charge on any atom is -0.382 e. The number of nitrogens with one attached hydrogen (secondary N) is 1. The number of nitrogens with two attached hydrogens (primary N) is 1. The summed E-state index contributed by atoms with van der Waals surface area (Å²) in [6.45, 7) is 2.11. The Labute approximate surface area is 144 Å². The number of aromatic nitrogens is 2. The van der Waals surface area contributed by atoms with Crippen molar-refractivity contribution in [3.8, 4) is 0 Å². The molecule has 6 nitrogen and oxygen atoms in total. The highest BCUT2D eigenvalue weighted by molar-refractivity contribution is 6.09. The van der Waals surface area contributed by atoms with Gasteiger partial charge in [0, 0.05) is 11.3 Å². The van der Waals surface area contributed by atoms with Gasteiger partial charge in [0.15, 0.2) is 5.82 Å². The number of H-pyrrole nitrogens is 1. The van der Waals surface area contributed by atoms with Crippen LogP contribution in [0.1, 0.15) is 22.4 Å². The third-order valence-corrected chi connectivity index (χ3v) is 4.66. The van der Waals surface area contributed by atoms with Crippen LogP contribution in [0, 0.1) is 6.92 Å². The Kier molecular flexibility index (Phi) is 3.36. The molecule has 1 aromatic heterocycles. The number of nitrogen functional groups attached to an aromatic ring is 1. The Morgan fingerprint density at radius 3 is 2.52 bits per heavy atom. The van der Waals surface area contributed by atoms with Gasteiger partial charge < -0.3 is 15.7 Å². The van der Waals surface area contributed by atoms with Crippen LogP contribution in [0.3, 0.4) is 0 Å². The number of hydrogen-bond acceptors (Lipinski definition) is 4. The van der Waals surface area contributed by atoms with Gasteiger partial charge in [-0.25, -0.2) is 0 Å². The first-order chi connectivity index (χ1) is 12.0. The van der Waals surface area contributed by atoms with Crippen LogP contribution in [-0.2, 0) is 16.9 Å². The molecule has 2 aromatic carbocycles. The number of anilines is 2. The van der Waals surface area contributed by atoms with E-state index in [4.69, 9.17) is 5.73 Å². The van der Waals surface area contributed by atoms with Crippen LogP contribution < -0.4 is 10.6 Å². The van der Waals surface area contributed by atoms with Crippen LogP contribution >= 0.6 is 0 Å². The van der Waals surface area contributed by atoms with Crippen molar-refractivity contribution in [1.82, 2.24) is 10.2 Å². The number of benzene rings is 2. The van der Waals surface area contributed by atoms with Crippen molar-refractivity contribution < 1.29 is 9.90 Å². The number of aryl methyl sites for hydroxylation is 1. The molecule has 0 fully saturated rings. The predicted molar refractivity (Wildman–Crippen MR) is 94.8 cm³/mol. The maximum atomic E-state index is 13.3. The number of para-hydroxylation sites is 1. The fourth-order valence-electron chi connectivity index (χ4n) is 3.50. The van der Waals surface area contributed by atoms with Crippen molar-refractivity contribution in [3.63, 3.8) is 0 Å². The van der Waals surface area contributed by atoms with E-state index in [1.165, 1.54) is 0 Å². The molecule has 1 atom stereocenters. The maximum Gasteiger partial charge on any atom is 0.269 e. The molecule has 1 aliphatic rings. The van der Waals surface area contributed by atoms with E-state index in [2.05, 4.69) is 10.2 Å². The normalized spacial score (nSPS) is 19.3. The van der Waals surface area contributed by atoms with E-state index in [0.717, 1.165) is 5.56 Å². The van der Waals surface area contributed by atoms with Gasteiger partial charge in [-0.1, -0.05) is 48.5 Å². The molecule has 1 amide bonds. The van der Waals surface area contributed by atoms with Crippen LogP contribution in [0.4, 0.5) is 11.5 Å². The highest BCUT2D eigenvalue weighted by atomic mass is 16.3. The first kappa shape index (κ1) is 15.4. The molecule has 0 bridgehead atoms. The summed E-state index contributed by atoms with van der Waals surface area (Å²) < 4.78 is 0. The zero-order valence-electron chi connectivity index (χ0n) is 13.7. The van der Waals surface area contributed by atoms with Gasteiger partial charge in [0.05, 0.1) is 17.8 Å². The molecule has 2 heterocycles. The number of nitrogens with zero attached hydrogens (tertiary/aromatic N) is 2. The SMILES string of the molecule is Cc1[nH]nc(N)c1[C@]1(O)C(=O)N(Cc2ccccc2)c2ccccc21. The Hall–Kier alpha value is -3.12. The fraction of sp³-hybridized carbons (Fsp3) is 0.158. The summed E-state index contributed by atoms with van der Waals surface area (Å²) in [5.41, 5.74) is 7.18. The largest absolute Gasteiger partial charge is 0.382 e. The lowest BCUT2D eigenvalue weighted by Crippen LogP contribution is -2.41. The lowest BCUT2D eigenvalue weighted by atomic mass is 9.87. The minimum absolute atomic E-state index is 0.129. The van der Waals surface area contributed by atoms with Crippen molar-refractivity contribution in [1.29, 1.82) is 0 Å². The van der Waals surface area contributed by atoms with Crippen molar-refractivity contribution in [3.05, 3.63) is 77.0 Å². The molecule has 4 rings (SSSR count). The molecular weight excluding hydrogens is 316 g/mol. The van der Waals surface area contributed by atoms with Crippen LogP contribution in [0.15, 0.2) is 54.6 Å². The monoisotopic (exact) mass is 334 g/mol. The predicted octanol–water partition coefficient (Wildman–Crippen LogP) is 2.08. The fourth-order valence-corrected chi connectivity index (χ4v) is 3.50. The molecule has 4 N–H and O–H groups in total. The quantitative estimate of drug-likeness (QED) is 0.683. The van der Waals surface area contributed by atoms with Crippen LogP contribution in [0.25, 0.3) is 0 Å². The van der Waals surface area contributed by atoms with E-state index in [-0.39, 0.29) is 5.82 Å². The van der Waals surface area contributed by atoms with Gasteiger partial charge in [-0.05, 0) is 18.6 Å². The molecule has 6 heteroatoms. The molecule has 1 aliphatic heterocycles. The molecule has 126 valence electrons. The molecule has 0 saturated carbocycles. The molecule has 0 unspecified atom stereocenters. The lowest BCUT2D eigenvalue weighted by molar-refractivity contribution is -0.132. The standard InChI is InChI=1S/C19H18N4O2/c1-12-16(17(20)22-21-12)19(25)14-9-5-6-10-15(14)23(18(19)24)11-13-7-3-2-4-8-13/h2-10,25H,11H2,1H3,(H3,20,21,22)/t19-/m0/s1. The molecule has 0 aliphatic carbocycles. The third kappa shape index (κ3) is 2.15. The Bertz CT molecular complexity index is 932. The lowest BCUT2D eigenvalue weighted by Gasteiger charge is -2.23. The second kappa shape index (κ2) is 5.46. The molecular formula is C19H18N4O2. The van der Waals surface area contributed by atoms with Crippen molar-refractivity contribution >= 4 is 17.4 Å². The smallest absolute Gasteiger partial charge is 0.269 e. The summed E-state index contributed by atoms with van der Waals surface area (Å²) in [6.07, 6.45) is 0. The summed E-state index contributed by atoms with van der Waals surface area (Å²) in [5, 5.41) is 18.1. The average molecular weight is 334 g/mol. The number of aromatic amines is 1. The van der Waals surface area contributed by atoms with E-state index < -0.39 is 11.5 Å². The highest BCUT2D eigenvalue weighted by Crippen LogP contribution is 2.46. The summed E-state index contributed by atoms with van der Waals surface area (Å²) >= 11 is 0. The number of amides is 1. The van der Waals surface area contributed by atoms with E-state index in [9.17, 15) is 9.90 Å². The summed E-state index contributed by atoms with van der Waals surface area (Å²) in [5.74, 6) is -0.293. The number of fused-ring (bicyclic) bond motifs is 1. The van der Waals surface area contributed by atoms with Gasteiger partial charge in [0.25, 0.3) is 5.91 Å². The molecule has 25 heavy (non-hydrogen) atoms. The average Bonchev–Trinajstić information content (AvgIpc) is 3.07. The van der Waals surface area contributed by atoms with Crippen molar-refractivity contribution in [2.24, 2.45) is 0 Å². The maximum absolute atomic E-state index is 13.3. The van der Waals surface area contributed by atoms with Crippen molar-refractivity contribution in [2.45, 2.75) is 19.1 Å². The number of rotatable bonds is 3. The second-order valence-electron chi connectivity index (χ2n) is 6.21. The minimum atomic E-state index is -1.84. The van der Waals surface area contributed by atoms with E-state index in [1.807, 2.05) is 42.5 Å². The highest BCUT2D eigenvalue weighted by Gasteiger charge is 2.53. The van der Waals surface area contributed by atoms with Gasteiger partial charge in [0.2, 0.25) is 5.60 Å². The summed E-state index contributed by atoms with van der Waals surface area (Å²) in [4.78, 5) is 14.9. The summed E-state index contributed by atoms with van der Waals surface area (Å²) in [6, 6.07) is 16.9. The topological polar surface area (TPSA) is 95.2 Å². The van der Waals surface area contributed by atoms with Crippen LogP contribution in [-0.4, -0.2) is 21.2 Å². The van der Waals surface area contributed by atoms with Gasteiger partial charge in [-0.15, -0.1) is 0 Å². The summed E-state index contributed by atoms with van der Waals surface area (Å²) in [7, 11) is 0. The van der Waals surface area contributed by atoms with Gasteiger partial charge in [-0.2, -0.15) is 5.10 Å². The molecule has 0 radical (unpaired) electrons. The molecule has 3 aromatic rings. The number of aliphatic hydroxyl groups is 1. The molecule has 0 spiro atoms. The van der Waals surface area contributed by atoms with Gasteiger partial charge >= 0.3 is 0 Å². The Morgan fingerprint density at radius 2 is 1.84 bits per heavy atom. The number of hydrogen-bond donors (Lipinski definition) is 3. The van der Waals surface area contributed by atoms with Gasteiger partial charge in [-0.3, -0.25) is 9.89 Å². The zero-order chi connectivity index (χ0) is 17.6. The van der Waals surface area contributed by atoms with E-state index in [1.54, 1.807) is 24.0 Å². The molecule has 0 saturated heterocycles. The first-order valence-corrected chi connectivity index (χ1v) is 8.02. The van der Waals surface area contributed by atoms with Crippen LogP contribution in [0.2, 0.25) is 0 Å². The number of carbonyl (C=O) groups is 1. The second-order valence-corrected chi connectivity index (χ2v) is 6.21. The van der Waals surface area contributed by atoms with Gasteiger partial charge in [0.1, 0.15) is 0 Å². The van der Waals surface area contributed by atoms with E-state index in [0.29, 0.717) is 29.1 Å². The van der Waals surface area contributed by atoms with Crippen LogP contribution in [0.5, 0.6) is 0 Å². The number of carbonyl (C=O) groups excluding carboxylic acids is 1. The van der Waals surface area contributed by atoms with E-state index >= 15 is 0 Å². The Balaban J connectivity index is 1.87. The Morgan fingerprint density at radius 1 is 1.16 bits per heavy atom. The van der Waals surface area contributed by atoms with Crippen molar-refractivity contribution in [2.75, 3.05) is 10.6 Å².